The van der Waals surface area contributed by atoms with Crippen LogP contribution in [0.15, 0.2) is 67.0 Å². The smallest absolute Gasteiger partial charge is 0.310 e. The van der Waals surface area contributed by atoms with Crippen molar-refractivity contribution < 1.29 is 19.5 Å². The molecule has 1 saturated carbocycles. The summed E-state index contributed by atoms with van der Waals surface area (Å²) >= 11 is 0. The lowest BCUT2D eigenvalue weighted by Gasteiger charge is -2.39. The van der Waals surface area contributed by atoms with Crippen molar-refractivity contribution in [2.45, 2.75) is 103 Å². The first kappa shape index (κ1) is 36.5. The maximum Gasteiger partial charge on any atom is 0.310 e. The first-order valence-electron chi connectivity index (χ1n) is 19.0. The lowest BCUT2D eigenvalue weighted by Crippen LogP contribution is -2.59. The van der Waals surface area contributed by atoms with E-state index in [9.17, 15) is 19.5 Å². The van der Waals surface area contributed by atoms with Gasteiger partial charge in [0.15, 0.2) is 5.82 Å². The molecule has 2 aromatic carbocycles. The SMILES string of the molecule is CCCC1CCC(C2CC=C(c3cnc(-c4ccc(CC(NC(=O)c5ccc(C(C)(C)C)cc5)C(=O)N5CC(C(=O)O)C5)cc4)nc3)CC2)CC1. The van der Waals surface area contributed by atoms with Crippen LogP contribution >= 0.6 is 0 Å². The number of hydrogen-bond acceptors (Lipinski definition) is 5. The molecule has 51 heavy (non-hydrogen) atoms. The summed E-state index contributed by atoms with van der Waals surface area (Å²) < 4.78 is 0. The lowest BCUT2D eigenvalue weighted by molar-refractivity contribution is -0.153. The number of aliphatic carboxylic acids is 1. The zero-order chi connectivity index (χ0) is 36.1. The van der Waals surface area contributed by atoms with Crippen LogP contribution in [0, 0.1) is 23.7 Å². The highest BCUT2D eigenvalue weighted by Gasteiger charge is 2.39. The van der Waals surface area contributed by atoms with Gasteiger partial charge in [0, 0.05) is 48.6 Å². The summed E-state index contributed by atoms with van der Waals surface area (Å²) in [6.07, 6.45) is 18.4. The number of nitrogens with one attached hydrogen (secondary N) is 1. The maximum absolute atomic E-state index is 13.5. The van der Waals surface area contributed by atoms with Crippen molar-refractivity contribution in [3.05, 3.63) is 89.3 Å². The Kier molecular flexibility index (Phi) is 11.4. The summed E-state index contributed by atoms with van der Waals surface area (Å²) in [6.45, 7) is 8.94. The maximum atomic E-state index is 13.5. The molecule has 2 unspecified atom stereocenters. The Labute approximate surface area is 303 Å². The van der Waals surface area contributed by atoms with E-state index in [0.29, 0.717) is 11.4 Å². The fraction of sp³-hybridized carbons (Fsp3) is 0.512. The normalized spacial score (nSPS) is 21.7. The number of aromatic nitrogens is 2. The van der Waals surface area contributed by atoms with Crippen molar-refractivity contribution in [1.82, 2.24) is 20.2 Å². The molecule has 0 spiro atoms. The number of allylic oxidation sites excluding steroid dienone is 2. The summed E-state index contributed by atoms with van der Waals surface area (Å²) in [5, 5.41) is 12.3. The van der Waals surface area contributed by atoms with Gasteiger partial charge in [-0.05, 0) is 84.1 Å². The quantitative estimate of drug-likeness (QED) is 0.210. The largest absolute Gasteiger partial charge is 0.481 e. The van der Waals surface area contributed by atoms with Crippen LogP contribution in [-0.4, -0.2) is 56.9 Å². The molecule has 0 bridgehead atoms. The van der Waals surface area contributed by atoms with Crippen LogP contribution in [-0.2, 0) is 21.4 Å². The van der Waals surface area contributed by atoms with E-state index in [0.717, 1.165) is 52.8 Å². The average molecular weight is 691 g/mol. The van der Waals surface area contributed by atoms with Gasteiger partial charge in [-0.15, -0.1) is 0 Å². The second-order valence-electron chi connectivity index (χ2n) is 16.2. The molecular weight excluding hydrogens is 636 g/mol. The fourth-order valence-electron chi connectivity index (χ4n) is 8.17. The number of carboxylic acid groups (broad SMARTS) is 1. The molecule has 2 atom stereocenters. The Hall–Kier alpha value is -4.33. The highest BCUT2D eigenvalue weighted by atomic mass is 16.4. The summed E-state index contributed by atoms with van der Waals surface area (Å²) in [6, 6.07) is 14.4. The molecule has 2 fully saturated rings. The van der Waals surface area contributed by atoms with E-state index in [-0.39, 0.29) is 36.7 Å². The van der Waals surface area contributed by atoms with Gasteiger partial charge in [-0.1, -0.05) is 95.9 Å². The zero-order valence-electron chi connectivity index (χ0n) is 30.7. The number of nitrogens with zero attached hydrogens (tertiary/aromatic N) is 3. The Morgan fingerprint density at radius 2 is 1.55 bits per heavy atom. The van der Waals surface area contributed by atoms with Gasteiger partial charge in [0.05, 0.1) is 5.92 Å². The van der Waals surface area contributed by atoms with Gasteiger partial charge in [-0.2, -0.15) is 0 Å². The molecule has 8 heteroatoms. The van der Waals surface area contributed by atoms with Crippen molar-refractivity contribution >= 4 is 23.4 Å². The zero-order valence-corrected chi connectivity index (χ0v) is 30.7. The Morgan fingerprint density at radius 1 is 0.882 bits per heavy atom. The number of carboxylic acids is 1. The van der Waals surface area contributed by atoms with Crippen LogP contribution in [0.1, 0.15) is 113 Å². The monoisotopic (exact) mass is 690 g/mol. The molecule has 1 aromatic heterocycles. The third-order valence-corrected chi connectivity index (χ3v) is 11.5. The number of likely N-dealkylation sites (tertiary alicyclic amines) is 1. The van der Waals surface area contributed by atoms with Crippen LogP contribution in [0.4, 0.5) is 0 Å². The molecule has 3 aliphatic rings. The molecule has 2 amide bonds. The molecule has 2 heterocycles. The van der Waals surface area contributed by atoms with Crippen molar-refractivity contribution in [2.24, 2.45) is 23.7 Å². The van der Waals surface area contributed by atoms with E-state index in [2.05, 4.69) is 39.1 Å². The third-order valence-electron chi connectivity index (χ3n) is 11.5. The molecule has 270 valence electrons. The minimum atomic E-state index is -0.913. The van der Waals surface area contributed by atoms with Gasteiger partial charge in [-0.25, -0.2) is 9.97 Å². The van der Waals surface area contributed by atoms with Crippen molar-refractivity contribution in [1.29, 1.82) is 0 Å². The van der Waals surface area contributed by atoms with E-state index in [4.69, 9.17) is 9.97 Å². The van der Waals surface area contributed by atoms with E-state index < -0.39 is 17.9 Å². The number of carbonyl (C=O) groups excluding carboxylic acids is 2. The number of rotatable bonds is 11. The van der Waals surface area contributed by atoms with E-state index in [1.165, 1.54) is 55.4 Å². The number of carbonyl (C=O) groups is 3. The minimum Gasteiger partial charge on any atom is -0.481 e. The second kappa shape index (κ2) is 15.9. The Morgan fingerprint density at radius 3 is 2.12 bits per heavy atom. The van der Waals surface area contributed by atoms with Crippen LogP contribution in [0.2, 0.25) is 0 Å². The fourth-order valence-corrected chi connectivity index (χ4v) is 8.17. The average Bonchev–Trinajstić information content (AvgIpc) is 3.11. The standard InChI is InChI=1S/C43H54N4O4/c1-5-6-28-7-11-30(12-8-28)31-15-17-32(18-16-31)35-24-44-39(45-25-35)33-13-9-29(10-14-33)23-38(41(49)47-26-36(27-47)42(50)51)46-40(48)34-19-21-37(22-20-34)43(2,3)4/h9-10,13-14,17,19-22,24-25,28,30-31,36,38H,5-8,11-12,15-16,18,23,26-27H2,1-4H3,(H,46,48)(H,50,51). The number of amides is 2. The summed E-state index contributed by atoms with van der Waals surface area (Å²) in [5.41, 5.74) is 5.73. The van der Waals surface area contributed by atoms with E-state index in [1.807, 2.05) is 48.8 Å². The number of benzene rings is 2. The van der Waals surface area contributed by atoms with Crippen molar-refractivity contribution in [3.8, 4) is 11.4 Å². The minimum absolute atomic E-state index is 0.0472. The van der Waals surface area contributed by atoms with Gasteiger partial charge >= 0.3 is 5.97 Å². The number of hydrogen-bond donors (Lipinski definition) is 2. The molecule has 3 aromatic rings. The third kappa shape index (κ3) is 8.95. The van der Waals surface area contributed by atoms with Gasteiger partial charge in [0.25, 0.3) is 5.91 Å². The van der Waals surface area contributed by atoms with Crippen LogP contribution in [0.25, 0.3) is 17.0 Å². The molecule has 2 aliphatic carbocycles. The van der Waals surface area contributed by atoms with Crippen molar-refractivity contribution in [2.75, 3.05) is 13.1 Å². The molecule has 0 radical (unpaired) electrons. The molecule has 6 rings (SSSR count). The second-order valence-corrected chi connectivity index (χ2v) is 16.2. The molecule has 1 saturated heterocycles. The van der Waals surface area contributed by atoms with Crippen molar-refractivity contribution in [3.63, 3.8) is 0 Å². The van der Waals surface area contributed by atoms with Gasteiger partial charge in [0.2, 0.25) is 5.91 Å². The van der Waals surface area contributed by atoms with Crippen LogP contribution in [0.3, 0.4) is 0 Å². The first-order chi connectivity index (χ1) is 24.5. The molecular formula is C43H54N4O4. The van der Waals surface area contributed by atoms with Crippen LogP contribution < -0.4 is 5.32 Å². The Balaban J connectivity index is 1.08. The first-order valence-corrected chi connectivity index (χ1v) is 19.0. The predicted molar refractivity (Wildman–Crippen MR) is 201 cm³/mol. The summed E-state index contributed by atoms with van der Waals surface area (Å²) in [5.74, 6) is 1.18. The summed E-state index contributed by atoms with van der Waals surface area (Å²) in [7, 11) is 0. The Bertz CT molecular complexity index is 1690. The van der Waals surface area contributed by atoms with E-state index in [1.54, 1.807) is 12.1 Å². The highest BCUT2D eigenvalue weighted by Crippen LogP contribution is 2.42. The predicted octanol–water partition coefficient (Wildman–Crippen LogP) is 8.12. The molecule has 2 N–H and O–H groups in total. The van der Waals surface area contributed by atoms with Gasteiger partial charge in [0.1, 0.15) is 6.04 Å². The van der Waals surface area contributed by atoms with E-state index >= 15 is 0 Å². The van der Waals surface area contributed by atoms with Gasteiger partial charge in [-0.3, -0.25) is 14.4 Å². The van der Waals surface area contributed by atoms with Crippen LogP contribution in [0.5, 0.6) is 0 Å². The summed E-state index contributed by atoms with van der Waals surface area (Å²) in [4.78, 5) is 49.2. The molecule has 8 nitrogen and oxygen atoms in total. The lowest BCUT2D eigenvalue weighted by atomic mass is 9.70. The highest BCUT2D eigenvalue weighted by molar-refractivity contribution is 5.98. The van der Waals surface area contributed by atoms with Gasteiger partial charge < -0.3 is 15.3 Å². The topological polar surface area (TPSA) is 112 Å². The molecule has 1 aliphatic heterocycles.